The summed E-state index contributed by atoms with van der Waals surface area (Å²) in [6, 6.07) is 11.4. The van der Waals surface area contributed by atoms with E-state index in [-0.39, 0.29) is 11.5 Å². The Morgan fingerprint density at radius 2 is 2.00 bits per heavy atom. The topological polar surface area (TPSA) is 79.0 Å². The standard InChI is InChI=1S/C22H22N4O2S/c1-2-14-10-16(20(28)11-19(14)27)21-23-24-22(29)26(21)18-5-3-4-17-15(18)8-9-25(17)12-13-6-7-13/h3-5,8-11,13,27-28H,2,6-7,12H2,1H3,(H,24,29). The lowest BCUT2D eigenvalue weighted by molar-refractivity contribution is 0.447. The van der Waals surface area contributed by atoms with Crippen molar-refractivity contribution in [2.45, 2.75) is 32.7 Å². The number of phenols is 2. The number of aromatic hydroxyl groups is 2. The van der Waals surface area contributed by atoms with Gasteiger partial charge >= 0.3 is 0 Å². The Balaban J connectivity index is 1.70. The molecule has 3 N–H and O–H groups in total. The number of aromatic amines is 1. The number of phenolic OH excluding ortho intramolecular Hbond substituents is 2. The average Bonchev–Trinajstić information content (AvgIpc) is 3.31. The predicted octanol–water partition coefficient (Wildman–Crippen LogP) is 4.94. The van der Waals surface area contributed by atoms with Crippen molar-refractivity contribution >= 4 is 23.1 Å². The van der Waals surface area contributed by atoms with E-state index in [1.165, 1.54) is 18.9 Å². The van der Waals surface area contributed by atoms with Crippen molar-refractivity contribution in [3.05, 3.63) is 52.9 Å². The molecule has 1 aliphatic rings. The van der Waals surface area contributed by atoms with Crippen molar-refractivity contribution < 1.29 is 10.2 Å². The maximum absolute atomic E-state index is 10.5. The molecule has 1 aliphatic carbocycles. The maximum Gasteiger partial charge on any atom is 0.200 e. The van der Waals surface area contributed by atoms with E-state index >= 15 is 0 Å². The third-order valence-corrected chi connectivity index (χ3v) is 5.95. The molecule has 0 bridgehead atoms. The molecule has 1 saturated carbocycles. The number of nitrogens with zero attached hydrogens (tertiary/aromatic N) is 3. The fourth-order valence-corrected chi connectivity index (χ4v) is 4.16. The normalized spacial score (nSPS) is 14.0. The molecule has 2 aromatic heterocycles. The number of fused-ring (bicyclic) bond motifs is 1. The summed E-state index contributed by atoms with van der Waals surface area (Å²) in [6.07, 6.45) is 5.37. The molecule has 29 heavy (non-hydrogen) atoms. The number of rotatable bonds is 5. The van der Waals surface area contributed by atoms with Crippen molar-refractivity contribution in [1.29, 1.82) is 0 Å². The first-order chi connectivity index (χ1) is 14.1. The molecule has 0 spiro atoms. The van der Waals surface area contributed by atoms with E-state index in [2.05, 4.69) is 33.1 Å². The van der Waals surface area contributed by atoms with Crippen molar-refractivity contribution in [1.82, 2.24) is 19.3 Å². The van der Waals surface area contributed by atoms with Crippen molar-refractivity contribution in [2.24, 2.45) is 5.92 Å². The zero-order chi connectivity index (χ0) is 20.1. The van der Waals surface area contributed by atoms with E-state index in [1.807, 2.05) is 23.6 Å². The van der Waals surface area contributed by atoms with Crippen molar-refractivity contribution in [3.8, 4) is 28.6 Å². The van der Waals surface area contributed by atoms with Crippen LogP contribution in [0.1, 0.15) is 25.3 Å². The number of aryl methyl sites for hydroxylation is 1. The van der Waals surface area contributed by atoms with Gasteiger partial charge < -0.3 is 14.8 Å². The van der Waals surface area contributed by atoms with E-state index in [1.54, 1.807) is 6.07 Å². The van der Waals surface area contributed by atoms with Crippen LogP contribution in [-0.2, 0) is 13.0 Å². The summed E-state index contributed by atoms with van der Waals surface area (Å²) in [4.78, 5) is 0. The van der Waals surface area contributed by atoms with Gasteiger partial charge in [0.25, 0.3) is 0 Å². The van der Waals surface area contributed by atoms with Gasteiger partial charge in [0, 0.05) is 24.2 Å². The van der Waals surface area contributed by atoms with Gasteiger partial charge in [0.15, 0.2) is 10.6 Å². The maximum atomic E-state index is 10.5. The lowest BCUT2D eigenvalue weighted by Gasteiger charge is -2.12. The first-order valence-corrected chi connectivity index (χ1v) is 10.3. The van der Waals surface area contributed by atoms with Gasteiger partial charge in [-0.15, -0.1) is 0 Å². The third kappa shape index (κ3) is 3.02. The minimum Gasteiger partial charge on any atom is -0.508 e. The highest BCUT2D eigenvalue weighted by Gasteiger charge is 2.23. The highest BCUT2D eigenvalue weighted by molar-refractivity contribution is 7.71. The van der Waals surface area contributed by atoms with Crippen LogP contribution in [0.2, 0.25) is 0 Å². The molecule has 2 aromatic carbocycles. The van der Waals surface area contributed by atoms with Gasteiger partial charge in [-0.3, -0.25) is 9.67 Å². The summed E-state index contributed by atoms with van der Waals surface area (Å²) < 4.78 is 4.60. The quantitative estimate of drug-likeness (QED) is 0.410. The molecular weight excluding hydrogens is 384 g/mol. The van der Waals surface area contributed by atoms with Crippen LogP contribution in [0.3, 0.4) is 0 Å². The minimum atomic E-state index is -0.0339. The molecule has 5 rings (SSSR count). The molecule has 0 amide bonds. The molecular formula is C22H22N4O2S. The van der Waals surface area contributed by atoms with Crippen molar-refractivity contribution in [3.63, 3.8) is 0 Å². The molecule has 6 nitrogen and oxygen atoms in total. The molecule has 0 atom stereocenters. The zero-order valence-corrected chi connectivity index (χ0v) is 16.9. The molecule has 7 heteroatoms. The number of hydrogen-bond donors (Lipinski definition) is 3. The van der Waals surface area contributed by atoms with Crippen LogP contribution in [0.15, 0.2) is 42.6 Å². The zero-order valence-electron chi connectivity index (χ0n) is 16.1. The second-order valence-electron chi connectivity index (χ2n) is 7.66. The summed E-state index contributed by atoms with van der Waals surface area (Å²) >= 11 is 5.54. The number of H-pyrrole nitrogens is 1. The number of hydrogen-bond acceptors (Lipinski definition) is 4. The predicted molar refractivity (Wildman–Crippen MR) is 115 cm³/mol. The van der Waals surface area contributed by atoms with Gasteiger partial charge in [-0.1, -0.05) is 13.0 Å². The first kappa shape index (κ1) is 18.0. The second-order valence-corrected chi connectivity index (χ2v) is 8.05. The number of nitrogens with one attached hydrogen (secondary N) is 1. The Morgan fingerprint density at radius 1 is 1.17 bits per heavy atom. The lowest BCUT2D eigenvalue weighted by Crippen LogP contribution is -2.01. The minimum absolute atomic E-state index is 0.0339. The van der Waals surface area contributed by atoms with Crippen LogP contribution in [-0.4, -0.2) is 29.5 Å². The van der Waals surface area contributed by atoms with E-state index in [0.717, 1.165) is 34.6 Å². The summed E-state index contributed by atoms with van der Waals surface area (Å²) in [7, 11) is 0. The van der Waals surface area contributed by atoms with Gasteiger partial charge in [0.05, 0.1) is 16.8 Å². The van der Waals surface area contributed by atoms with E-state index < -0.39 is 0 Å². The fourth-order valence-electron chi connectivity index (χ4n) is 3.93. The second kappa shape index (κ2) is 6.77. The van der Waals surface area contributed by atoms with Gasteiger partial charge in [-0.05, 0) is 67.2 Å². The Hall–Kier alpha value is -3.06. The molecule has 0 radical (unpaired) electrons. The Kier molecular flexibility index (Phi) is 4.20. The highest BCUT2D eigenvalue weighted by atomic mass is 32.1. The van der Waals surface area contributed by atoms with Crippen LogP contribution < -0.4 is 0 Å². The summed E-state index contributed by atoms with van der Waals surface area (Å²) in [6.45, 7) is 2.99. The molecule has 0 unspecified atom stereocenters. The summed E-state index contributed by atoms with van der Waals surface area (Å²) in [5.74, 6) is 1.34. The van der Waals surface area contributed by atoms with Crippen LogP contribution in [0.4, 0.5) is 0 Å². The molecule has 4 aromatic rings. The number of benzene rings is 2. The van der Waals surface area contributed by atoms with Gasteiger partial charge in [-0.25, -0.2) is 0 Å². The Bertz CT molecular complexity index is 1280. The first-order valence-electron chi connectivity index (χ1n) is 9.87. The SMILES string of the molecule is CCc1cc(-c2n[nH]c(=S)n2-c2cccc3c2ccn3CC2CC2)c(O)cc1O. The van der Waals surface area contributed by atoms with Gasteiger partial charge in [0.1, 0.15) is 11.5 Å². The van der Waals surface area contributed by atoms with E-state index in [0.29, 0.717) is 22.6 Å². The summed E-state index contributed by atoms with van der Waals surface area (Å²) in [5, 5.41) is 28.9. The molecule has 0 aliphatic heterocycles. The van der Waals surface area contributed by atoms with Crippen LogP contribution in [0.5, 0.6) is 11.5 Å². The lowest BCUT2D eigenvalue weighted by atomic mass is 10.1. The largest absolute Gasteiger partial charge is 0.508 e. The summed E-state index contributed by atoms with van der Waals surface area (Å²) in [5.41, 5.74) is 3.34. The third-order valence-electron chi connectivity index (χ3n) is 5.67. The van der Waals surface area contributed by atoms with Crippen molar-refractivity contribution in [2.75, 3.05) is 0 Å². The molecule has 1 fully saturated rings. The average molecular weight is 407 g/mol. The molecule has 148 valence electrons. The van der Waals surface area contributed by atoms with Crippen LogP contribution in [0, 0.1) is 10.7 Å². The van der Waals surface area contributed by atoms with E-state index in [9.17, 15) is 10.2 Å². The van der Waals surface area contributed by atoms with Gasteiger partial charge in [-0.2, -0.15) is 5.10 Å². The van der Waals surface area contributed by atoms with Crippen LogP contribution >= 0.6 is 12.2 Å². The Labute approximate surface area is 173 Å². The highest BCUT2D eigenvalue weighted by Crippen LogP contribution is 2.37. The Morgan fingerprint density at radius 3 is 2.76 bits per heavy atom. The molecule has 2 heterocycles. The smallest absolute Gasteiger partial charge is 0.200 e. The van der Waals surface area contributed by atoms with E-state index in [4.69, 9.17) is 12.2 Å². The fraction of sp³-hybridized carbons (Fsp3) is 0.273. The number of aromatic nitrogens is 4. The van der Waals surface area contributed by atoms with Gasteiger partial charge in [0.2, 0.25) is 0 Å². The monoisotopic (exact) mass is 406 g/mol. The van der Waals surface area contributed by atoms with Crippen LogP contribution in [0.25, 0.3) is 28.0 Å². The molecule has 0 saturated heterocycles.